The van der Waals surface area contributed by atoms with Gasteiger partial charge in [-0.3, -0.25) is 0 Å². The molecule has 2 aliphatic carbocycles. The monoisotopic (exact) mass is 584 g/mol. The van der Waals surface area contributed by atoms with Gasteiger partial charge >= 0.3 is 0 Å². The summed E-state index contributed by atoms with van der Waals surface area (Å²) in [6, 6.07) is 40.3. The molecular formula is C42H41BN2. The number of para-hydroxylation sites is 1. The minimum Gasteiger partial charge on any atom is -0.335 e. The zero-order valence-electron chi connectivity index (χ0n) is 26.8. The molecule has 0 fully saturated rings. The van der Waals surface area contributed by atoms with Crippen molar-refractivity contribution in [1.29, 1.82) is 0 Å². The van der Waals surface area contributed by atoms with Gasteiger partial charge in [-0.1, -0.05) is 87.5 Å². The lowest BCUT2D eigenvalue weighted by Crippen LogP contribution is -2.62. The Hall–Kier alpha value is -4.24. The van der Waals surface area contributed by atoms with Crippen molar-refractivity contribution in [2.45, 2.75) is 77.2 Å². The Morgan fingerprint density at radius 3 is 2.16 bits per heavy atom. The third-order valence-corrected chi connectivity index (χ3v) is 11.0. The summed E-state index contributed by atoms with van der Waals surface area (Å²) in [4.78, 5) is 5.32. The highest BCUT2D eigenvalue weighted by Crippen LogP contribution is 2.47. The van der Waals surface area contributed by atoms with E-state index in [4.69, 9.17) is 0 Å². The van der Waals surface area contributed by atoms with Gasteiger partial charge in [0.1, 0.15) is 0 Å². The SMILES string of the molecule is CC(C)(C)c1ccc2c(c1)N(C1CCCc3ccccc31)c1cccc3c1B2c1cc2c(cc1N3c1ccccc1)CCCC2. The Labute approximate surface area is 268 Å². The van der Waals surface area contributed by atoms with Crippen LogP contribution < -0.4 is 26.2 Å². The molecule has 0 spiro atoms. The van der Waals surface area contributed by atoms with Crippen molar-refractivity contribution in [3.05, 3.63) is 131 Å². The molecule has 2 nitrogen and oxygen atoms in total. The predicted octanol–water partition coefficient (Wildman–Crippen LogP) is 8.69. The van der Waals surface area contributed by atoms with E-state index >= 15 is 0 Å². The second-order valence-corrected chi connectivity index (χ2v) is 14.7. The summed E-state index contributed by atoms with van der Waals surface area (Å²) in [7, 11) is 0. The van der Waals surface area contributed by atoms with E-state index in [1.807, 2.05) is 0 Å². The van der Waals surface area contributed by atoms with Gasteiger partial charge in [-0.2, -0.15) is 0 Å². The van der Waals surface area contributed by atoms with Crippen LogP contribution in [0.1, 0.15) is 80.3 Å². The molecule has 0 saturated heterocycles. The number of hydrogen-bond donors (Lipinski definition) is 0. The molecule has 2 heterocycles. The lowest BCUT2D eigenvalue weighted by molar-refractivity contribution is 0.557. The first-order chi connectivity index (χ1) is 22.0. The average molecular weight is 585 g/mol. The molecule has 0 saturated carbocycles. The van der Waals surface area contributed by atoms with Crippen LogP contribution in [0.25, 0.3) is 0 Å². The fraction of sp³-hybridized carbons (Fsp3) is 0.286. The molecule has 1 unspecified atom stereocenters. The van der Waals surface area contributed by atoms with Gasteiger partial charge < -0.3 is 9.80 Å². The van der Waals surface area contributed by atoms with Gasteiger partial charge in [0.2, 0.25) is 0 Å². The molecule has 9 rings (SSSR count). The molecular weight excluding hydrogens is 543 g/mol. The zero-order chi connectivity index (χ0) is 30.3. The highest BCUT2D eigenvalue weighted by atomic mass is 15.2. The minimum atomic E-state index is 0.0704. The fourth-order valence-electron chi connectivity index (χ4n) is 8.85. The lowest BCUT2D eigenvalue weighted by atomic mass is 9.33. The van der Waals surface area contributed by atoms with E-state index in [0.717, 1.165) is 6.42 Å². The van der Waals surface area contributed by atoms with Crippen LogP contribution in [0.15, 0.2) is 103 Å². The number of nitrogens with zero attached hydrogens (tertiary/aromatic N) is 2. The average Bonchev–Trinajstić information content (AvgIpc) is 3.07. The van der Waals surface area contributed by atoms with Gasteiger partial charge in [-0.15, -0.1) is 0 Å². The predicted molar refractivity (Wildman–Crippen MR) is 192 cm³/mol. The van der Waals surface area contributed by atoms with Crippen LogP contribution in [-0.2, 0) is 24.7 Å². The summed E-state index contributed by atoms with van der Waals surface area (Å²) in [6.45, 7) is 7.26. The van der Waals surface area contributed by atoms with Crippen LogP contribution in [0.5, 0.6) is 0 Å². The van der Waals surface area contributed by atoms with Crippen LogP contribution in [-0.4, -0.2) is 6.71 Å². The van der Waals surface area contributed by atoms with Gasteiger partial charge in [0.05, 0.1) is 6.04 Å². The Kier molecular flexibility index (Phi) is 6.11. The smallest absolute Gasteiger partial charge is 0.252 e. The second-order valence-electron chi connectivity index (χ2n) is 14.7. The molecule has 0 bridgehead atoms. The Morgan fingerprint density at radius 1 is 0.600 bits per heavy atom. The van der Waals surface area contributed by atoms with Crippen molar-refractivity contribution in [2.75, 3.05) is 9.80 Å². The van der Waals surface area contributed by atoms with Crippen molar-refractivity contribution < 1.29 is 0 Å². The van der Waals surface area contributed by atoms with Crippen LogP contribution in [0.3, 0.4) is 0 Å². The van der Waals surface area contributed by atoms with Gasteiger partial charge in [0.15, 0.2) is 0 Å². The van der Waals surface area contributed by atoms with Crippen molar-refractivity contribution in [2.24, 2.45) is 0 Å². The molecule has 5 aromatic rings. The van der Waals surface area contributed by atoms with Crippen molar-refractivity contribution in [1.82, 2.24) is 0 Å². The van der Waals surface area contributed by atoms with Crippen LogP contribution in [0.2, 0.25) is 0 Å². The van der Waals surface area contributed by atoms with Crippen molar-refractivity contribution >= 4 is 51.5 Å². The van der Waals surface area contributed by atoms with E-state index in [-0.39, 0.29) is 12.1 Å². The largest absolute Gasteiger partial charge is 0.335 e. The Bertz CT molecular complexity index is 1950. The number of benzene rings is 5. The Balaban J connectivity index is 1.36. The molecule has 0 amide bonds. The molecule has 1 atom stereocenters. The highest BCUT2D eigenvalue weighted by Gasteiger charge is 2.45. The number of hydrogen-bond acceptors (Lipinski definition) is 2. The Morgan fingerprint density at radius 2 is 1.33 bits per heavy atom. The second kappa shape index (κ2) is 10.1. The molecule has 0 aromatic heterocycles. The lowest BCUT2D eigenvalue weighted by Gasteiger charge is -2.48. The van der Waals surface area contributed by atoms with E-state index in [0.29, 0.717) is 6.04 Å². The maximum atomic E-state index is 2.75. The summed E-state index contributed by atoms with van der Waals surface area (Å²) >= 11 is 0. The van der Waals surface area contributed by atoms with Crippen molar-refractivity contribution in [3.63, 3.8) is 0 Å². The normalized spacial score (nSPS) is 18.0. The fourth-order valence-corrected chi connectivity index (χ4v) is 8.85. The van der Waals surface area contributed by atoms with Gasteiger partial charge in [0.25, 0.3) is 6.71 Å². The number of anilines is 5. The van der Waals surface area contributed by atoms with Crippen LogP contribution >= 0.6 is 0 Å². The molecule has 3 heteroatoms. The molecule has 5 aromatic carbocycles. The number of rotatable bonds is 2. The third kappa shape index (κ3) is 4.16. The molecule has 0 N–H and O–H groups in total. The molecule has 222 valence electrons. The van der Waals surface area contributed by atoms with E-state index in [9.17, 15) is 0 Å². The maximum Gasteiger partial charge on any atom is 0.252 e. The maximum absolute atomic E-state index is 2.75. The minimum absolute atomic E-state index is 0.0704. The first-order valence-electron chi connectivity index (χ1n) is 17.1. The summed E-state index contributed by atoms with van der Waals surface area (Å²) < 4.78 is 0. The quantitative estimate of drug-likeness (QED) is 0.188. The van der Waals surface area contributed by atoms with Crippen LogP contribution in [0.4, 0.5) is 28.4 Å². The van der Waals surface area contributed by atoms with E-state index in [2.05, 4.69) is 134 Å². The standard InChI is InChI=1S/C42H41BN2/c1-42(2,3)31-23-24-34-40(27-31)45(36-20-11-16-28-13-9-10-19-33(28)36)38-22-12-21-37-41(38)43(34)35-25-29-14-7-8-15-30(29)26-39(35)44(37)32-17-5-4-6-18-32/h4-6,9-10,12-13,17-19,21-27,36H,7-8,11,14-16,20H2,1-3H3. The molecule has 4 aliphatic rings. The topological polar surface area (TPSA) is 6.48 Å². The summed E-state index contributed by atoms with van der Waals surface area (Å²) in [5.41, 5.74) is 18.7. The van der Waals surface area contributed by atoms with E-state index in [1.54, 1.807) is 11.1 Å². The van der Waals surface area contributed by atoms with Crippen LogP contribution in [0, 0.1) is 0 Å². The number of aryl methyl sites for hydroxylation is 3. The highest BCUT2D eigenvalue weighted by molar-refractivity contribution is 7.00. The van der Waals surface area contributed by atoms with Gasteiger partial charge in [0, 0.05) is 28.4 Å². The zero-order valence-corrected chi connectivity index (χ0v) is 26.8. The van der Waals surface area contributed by atoms with Crippen molar-refractivity contribution in [3.8, 4) is 0 Å². The summed E-state index contributed by atoms with van der Waals surface area (Å²) in [6.07, 6.45) is 8.51. The first kappa shape index (κ1) is 27.1. The summed E-state index contributed by atoms with van der Waals surface area (Å²) in [5, 5.41) is 0. The van der Waals surface area contributed by atoms with Gasteiger partial charge in [-0.25, -0.2) is 0 Å². The molecule has 2 aliphatic heterocycles. The van der Waals surface area contributed by atoms with Gasteiger partial charge in [-0.05, 0) is 131 Å². The molecule has 0 radical (unpaired) electrons. The molecule has 45 heavy (non-hydrogen) atoms. The van der Waals surface area contributed by atoms with E-state index < -0.39 is 0 Å². The first-order valence-corrected chi connectivity index (χ1v) is 17.1. The number of fused-ring (bicyclic) bond motifs is 6. The third-order valence-electron chi connectivity index (χ3n) is 11.0. The summed E-state index contributed by atoms with van der Waals surface area (Å²) in [5.74, 6) is 0. The van der Waals surface area contributed by atoms with E-state index in [1.165, 1.54) is 100 Å².